The average Bonchev–Trinajstić information content (AvgIpc) is 3.49. The van der Waals surface area contributed by atoms with Crippen molar-refractivity contribution in [2.45, 2.75) is 348 Å². The zero-order valence-electron chi connectivity index (χ0n) is 54.7. The highest BCUT2D eigenvalue weighted by molar-refractivity contribution is 5.71. The van der Waals surface area contributed by atoms with Gasteiger partial charge in [-0.1, -0.05) is 304 Å². The molecule has 0 aliphatic heterocycles. The standard InChI is InChI=1S/C77H132O6/c1-4-7-10-13-16-19-22-25-27-29-31-33-35-36-37-38-39-40-42-43-45-47-49-52-55-58-61-64-67-70-76(79)82-73-74(72-81-75(78)69-66-63-60-57-54-51-24-21-18-15-12-9-6-3)83-77(80)71-68-65-62-59-56-53-50-48-46-44-41-34-32-30-28-26-23-20-17-14-11-8-5-2/h9,12,18,21-23,25-26,29-32,35-36,41,44,51,54,74H,4-8,10-11,13-17,19-20,24,27-28,33-34,37-40,42-43,45-50,52-53,55-73H2,1-3H3/b12-9-,21-18-,25-22-,26-23-,31-29-,32-30-,36-35-,44-41-,54-51-. The second-order valence-corrected chi connectivity index (χ2v) is 23.4. The monoisotopic (exact) mass is 1150 g/mol. The Morgan fingerprint density at radius 3 is 0.747 bits per heavy atom. The minimum absolute atomic E-state index is 0.0905. The first kappa shape index (κ1) is 79.1. The highest BCUT2D eigenvalue weighted by Crippen LogP contribution is 2.17. The molecule has 0 radical (unpaired) electrons. The van der Waals surface area contributed by atoms with Gasteiger partial charge in [-0.2, -0.15) is 0 Å². The van der Waals surface area contributed by atoms with E-state index < -0.39 is 6.10 Å². The highest BCUT2D eigenvalue weighted by atomic mass is 16.6. The van der Waals surface area contributed by atoms with Crippen LogP contribution in [0.5, 0.6) is 0 Å². The number of rotatable bonds is 64. The first-order valence-electron chi connectivity index (χ1n) is 35.4. The van der Waals surface area contributed by atoms with Crippen LogP contribution in [-0.4, -0.2) is 37.2 Å². The maximum absolute atomic E-state index is 12.9. The van der Waals surface area contributed by atoms with Gasteiger partial charge in [-0.15, -0.1) is 0 Å². The third-order valence-corrected chi connectivity index (χ3v) is 15.2. The van der Waals surface area contributed by atoms with E-state index in [4.69, 9.17) is 14.2 Å². The fourth-order valence-electron chi connectivity index (χ4n) is 9.94. The lowest BCUT2D eigenvalue weighted by atomic mass is 10.0. The predicted molar refractivity (Wildman–Crippen MR) is 362 cm³/mol. The molecule has 0 aromatic rings. The summed E-state index contributed by atoms with van der Waals surface area (Å²) in [5.41, 5.74) is 0. The molecule has 0 heterocycles. The van der Waals surface area contributed by atoms with Gasteiger partial charge in [0.2, 0.25) is 0 Å². The topological polar surface area (TPSA) is 78.9 Å². The number of ether oxygens (including phenoxy) is 3. The Labute approximate surface area is 514 Å². The summed E-state index contributed by atoms with van der Waals surface area (Å²) in [7, 11) is 0. The van der Waals surface area contributed by atoms with Crippen molar-refractivity contribution in [1.82, 2.24) is 0 Å². The van der Waals surface area contributed by atoms with Crippen LogP contribution < -0.4 is 0 Å². The molecule has 0 N–H and O–H groups in total. The van der Waals surface area contributed by atoms with Gasteiger partial charge in [0.1, 0.15) is 13.2 Å². The van der Waals surface area contributed by atoms with Crippen LogP contribution in [0.15, 0.2) is 109 Å². The molecule has 0 aliphatic rings. The minimum Gasteiger partial charge on any atom is -0.462 e. The van der Waals surface area contributed by atoms with E-state index in [1.165, 1.54) is 186 Å². The second kappa shape index (κ2) is 70.6. The molecule has 83 heavy (non-hydrogen) atoms. The Morgan fingerprint density at radius 1 is 0.253 bits per heavy atom. The van der Waals surface area contributed by atoms with Crippen LogP contribution in [0.1, 0.15) is 342 Å². The summed E-state index contributed by atoms with van der Waals surface area (Å²) in [6, 6.07) is 0. The number of esters is 3. The summed E-state index contributed by atoms with van der Waals surface area (Å²) >= 11 is 0. The molecule has 1 atom stereocenters. The van der Waals surface area contributed by atoms with Gasteiger partial charge >= 0.3 is 17.9 Å². The molecule has 0 aliphatic carbocycles. The summed E-state index contributed by atoms with van der Waals surface area (Å²) in [6.45, 7) is 6.50. The molecule has 0 fully saturated rings. The SMILES string of the molecule is CC/C=C\C/C=C\C/C=C\CCCCCC(=O)OCC(COC(=O)CCCCCCCCCCCCCCCC/C=C\C/C=C\C/C=C\CCCCCCC)OC(=O)CCCCCCCCCC/C=C\C/C=C\C/C=C\CCCCCCC. The van der Waals surface area contributed by atoms with Gasteiger partial charge in [-0.3, -0.25) is 14.4 Å². The number of carbonyl (C=O) groups is 3. The second-order valence-electron chi connectivity index (χ2n) is 23.4. The molecule has 0 rings (SSSR count). The van der Waals surface area contributed by atoms with E-state index in [9.17, 15) is 14.4 Å². The normalized spacial score (nSPS) is 12.8. The minimum atomic E-state index is -0.798. The fourth-order valence-corrected chi connectivity index (χ4v) is 9.94. The lowest BCUT2D eigenvalue weighted by Gasteiger charge is -2.18. The molecule has 0 saturated carbocycles. The highest BCUT2D eigenvalue weighted by Gasteiger charge is 2.19. The first-order valence-corrected chi connectivity index (χ1v) is 35.4. The number of hydrogen-bond donors (Lipinski definition) is 0. The van der Waals surface area contributed by atoms with E-state index >= 15 is 0 Å². The van der Waals surface area contributed by atoms with E-state index in [-0.39, 0.29) is 31.1 Å². The molecule has 0 saturated heterocycles. The molecular weight excluding hydrogens is 1020 g/mol. The number of carbonyl (C=O) groups excluding carboxylic acids is 3. The van der Waals surface area contributed by atoms with Crippen LogP contribution in [0.4, 0.5) is 0 Å². The van der Waals surface area contributed by atoms with Crippen LogP contribution in [0, 0.1) is 0 Å². The van der Waals surface area contributed by atoms with Crippen molar-refractivity contribution < 1.29 is 28.6 Å². The number of allylic oxidation sites excluding steroid dienone is 18. The quantitative estimate of drug-likeness (QED) is 0.0261. The Balaban J connectivity index is 4.29. The van der Waals surface area contributed by atoms with E-state index in [0.29, 0.717) is 19.3 Å². The summed E-state index contributed by atoms with van der Waals surface area (Å²) < 4.78 is 16.9. The number of unbranched alkanes of at least 4 members (excludes halogenated alkanes) is 35. The van der Waals surface area contributed by atoms with Crippen molar-refractivity contribution in [3.05, 3.63) is 109 Å². The maximum atomic E-state index is 12.9. The molecular formula is C77H132O6. The van der Waals surface area contributed by atoms with E-state index in [1.54, 1.807) is 0 Å². The van der Waals surface area contributed by atoms with Crippen molar-refractivity contribution in [2.24, 2.45) is 0 Å². The van der Waals surface area contributed by atoms with Gasteiger partial charge in [-0.05, 0) is 128 Å². The van der Waals surface area contributed by atoms with Gasteiger partial charge < -0.3 is 14.2 Å². The van der Waals surface area contributed by atoms with Gasteiger partial charge in [0.25, 0.3) is 0 Å². The van der Waals surface area contributed by atoms with Crippen LogP contribution >= 0.6 is 0 Å². The molecule has 0 aromatic carbocycles. The van der Waals surface area contributed by atoms with E-state index in [0.717, 1.165) is 116 Å². The lowest BCUT2D eigenvalue weighted by Crippen LogP contribution is -2.30. The predicted octanol–water partition coefficient (Wildman–Crippen LogP) is 24.6. The summed E-state index contributed by atoms with van der Waals surface area (Å²) in [6.07, 6.45) is 96.9. The third-order valence-electron chi connectivity index (χ3n) is 15.2. The summed E-state index contributed by atoms with van der Waals surface area (Å²) in [5, 5.41) is 0. The molecule has 6 nitrogen and oxygen atoms in total. The van der Waals surface area contributed by atoms with Crippen LogP contribution in [0.25, 0.3) is 0 Å². The molecule has 0 bridgehead atoms. The van der Waals surface area contributed by atoms with Crippen molar-refractivity contribution in [2.75, 3.05) is 13.2 Å². The average molecular weight is 1150 g/mol. The molecule has 0 amide bonds. The van der Waals surface area contributed by atoms with Crippen LogP contribution in [0.2, 0.25) is 0 Å². The third kappa shape index (κ3) is 68.7. The molecule has 1 unspecified atom stereocenters. The molecule has 476 valence electrons. The van der Waals surface area contributed by atoms with E-state index in [2.05, 4.69) is 130 Å². The molecule has 6 heteroatoms. The van der Waals surface area contributed by atoms with Crippen LogP contribution in [-0.2, 0) is 28.6 Å². The Bertz CT molecular complexity index is 1660. The van der Waals surface area contributed by atoms with Crippen LogP contribution in [0.3, 0.4) is 0 Å². The molecule has 0 aromatic heterocycles. The van der Waals surface area contributed by atoms with Gasteiger partial charge in [0.15, 0.2) is 6.10 Å². The van der Waals surface area contributed by atoms with Gasteiger partial charge in [-0.25, -0.2) is 0 Å². The van der Waals surface area contributed by atoms with Gasteiger partial charge in [0.05, 0.1) is 0 Å². The molecule has 0 spiro atoms. The maximum Gasteiger partial charge on any atom is 0.306 e. The Morgan fingerprint density at radius 2 is 0.470 bits per heavy atom. The van der Waals surface area contributed by atoms with Gasteiger partial charge in [0, 0.05) is 19.3 Å². The van der Waals surface area contributed by atoms with E-state index in [1.807, 2.05) is 0 Å². The zero-order chi connectivity index (χ0) is 59.9. The largest absolute Gasteiger partial charge is 0.462 e. The smallest absolute Gasteiger partial charge is 0.306 e. The van der Waals surface area contributed by atoms with Crippen molar-refractivity contribution in [3.63, 3.8) is 0 Å². The fraction of sp³-hybridized carbons (Fsp3) is 0.727. The van der Waals surface area contributed by atoms with Crippen molar-refractivity contribution >= 4 is 17.9 Å². The Kier molecular flexibility index (Phi) is 67.2. The lowest BCUT2D eigenvalue weighted by molar-refractivity contribution is -0.167. The summed E-state index contributed by atoms with van der Waals surface area (Å²) in [4.78, 5) is 38.4. The summed E-state index contributed by atoms with van der Waals surface area (Å²) in [5.74, 6) is -0.918. The first-order chi connectivity index (χ1) is 41.0. The zero-order valence-corrected chi connectivity index (χ0v) is 54.7. The van der Waals surface area contributed by atoms with Crippen molar-refractivity contribution in [3.8, 4) is 0 Å². The van der Waals surface area contributed by atoms with Crippen molar-refractivity contribution in [1.29, 1.82) is 0 Å². The Hall–Kier alpha value is -3.93. The number of hydrogen-bond acceptors (Lipinski definition) is 6.